The molecule has 0 fully saturated rings. The third-order valence-electron chi connectivity index (χ3n) is 4.19. The van der Waals surface area contributed by atoms with Gasteiger partial charge in [0, 0.05) is 17.5 Å². The van der Waals surface area contributed by atoms with Gasteiger partial charge in [-0.05, 0) is 36.6 Å². The molecular formula is C21H29NO. The first-order valence-electron chi connectivity index (χ1n) is 8.72. The molecule has 0 bridgehead atoms. The Morgan fingerprint density at radius 3 is 2.43 bits per heavy atom. The van der Waals surface area contributed by atoms with E-state index in [1.54, 1.807) is 0 Å². The summed E-state index contributed by atoms with van der Waals surface area (Å²) in [5, 5.41) is 13.9. The lowest BCUT2D eigenvalue weighted by molar-refractivity contribution is 0.459. The van der Waals surface area contributed by atoms with Crippen molar-refractivity contribution in [1.82, 2.24) is 5.32 Å². The second-order valence-corrected chi connectivity index (χ2v) is 6.50. The van der Waals surface area contributed by atoms with Crippen LogP contribution in [0.4, 0.5) is 0 Å². The molecule has 0 aliphatic heterocycles. The fraction of sp³-hybridized carbons (Fsp3) is 0.429. The molecule has 0 amide bonds. The second-order valence-electron chi connectivity index (χ2n) is 6.50. The van der Waals surface area contributed by atoms with Gasteiger partial charge in [0.15, 0.2) is 0 Å². The molecular weight excluding hydrogens is 282 g/mol. The Labute approximate surface area is 140 Å². The molecule has 0 saturated heterocycles. The minimum absolute atomic E-state index is 0.222. The molecule has 0 heterocycles. The number of phenolic OH excluding ortho intramolecular Hbond substituents is 1. The normalized spacial score (nSPS) is 12.5. The summed E-state index contributed by atoms with van der Waals surface area (Å²) >= 11 is 0. The van der Waals surface area contributed by atoms with Gasteiger partial charge in [-0.2, -0.15) is 0 Å². The highest BCUT2D eigenvalue weighted by molar-refractivity contribution is 5.43. The van der Waals surface area contributed by atoms with Gasteiger partial charge in [-0.15, -0.1) is 0 Å². The SMILES string of the molecule is CCCc1ccc(O)c([C@@H](CCNC(C)C)c2ccccc2)c1. The van der Waals surface area contributed by atoms with Gasteiger partial charge in [-0.1, -0.05) is 69.7 Å². The van der Waals surface area contributed by atoms with Crippen molar-refractivity contribution in [2.75, 3.05) is 6.54 Å². The van der Waals surface area contributed by atoms with E-state index in [1.165, 1.54) is 11.1 Å². The summed E-state index contributed by atoms with van der Waals surface area (Å²) in [7, 11) is 0. The Morgan fingerprint density at radius 1 is 1.04 bits per heavy atom. The molecule has 0 aliphatic rings. The number of aromatic hydroxyl groups is 1. The van der Waals surface area contributed by atoms with Crippen LogP contribution in [0.1, 0.15) is 56.2 Å². The number of hydrogen-bond donors (Lipinski definition) is 2. The van der Waals surface area contributed by atoms with Crippen LogP contribution in [-0.2, 0) is 6.42 Å². The van der Waals surface area contributed by atoms with Crippen molar-refractivity contribution in [2.24, 2.45) is 0 Å². The van der Waals surface area contributed by atoms with Gasteiger partial charge < -0.3 is 10.4 Å². The van der Waals surface area contributed by atoms with Crippen molar-refractivity contribution in [3.05, 3.63) is 65.2 Å². The van der Waals surface area contributed by atoms with Crippen molar-refractivity contribution < 1.29 is 5.11 Å². The molecule has 1 atom stereocenters. The average Bonchev–Trinajstić information content (AvgIpc) is 2.55. The maximum absolute atomic E-state index is 10.4. The van der Waals surface area contributed by atoms with Crippen LogP contribution in [0.25, 0.3) is 0 Å². The Morgan fingerprint density at radius 2 is 1.78 bits per heavy atom. The van der Waals surface area contributed by atoms with Crippen LogP contribution in [0.2, 0.25) is 0 Å². The molecule has 2 nitrogen and oxygen atoms in total. The number of nitrogens with one attached hydrogen (secondary N) is 1. The summed E-state index contributed by atoms with van der Waals surface area (Å²) in [5.41, 5.74) is 3.62. The third kappa shape index (κ3) is 5.11. The summed E-state index contributed by atoms with van der Waals surface area (Å²) in [6, 6.07) is 17.1. The fourth-order valence-corrected chi connectivity index (χ4v) is 3.03. The Bertz CT molecular complexity index is 592. The second kappa shape index (κ2) is 8.73. The Hall–Kier alpha value is -1.80. The summed E-state index contributed by atoms with van der Waals surface area (Å²) in [6.07, 6.45) is 3.15. The van der Waals surface area contributed by atoms with E-state index in [4.69, 9.17) is 0 Å². The van der Waals surface area contributed by atoms with Crippen LogP contribution in [0, 0.1) is 0 Å². The predicted octanol–water partition coefficient (Wildman–Crippen LogP) is 4.86. The van der Waals surface area contributed by atoms with Crippen molar-refractivity contribution in [3.63, 3.8) is 0 Å². The molecule has 2 aromatic rings. The summed E-state index contributed by atoms with van der Waals surface area (Å²) in [5.74, 6) is 0.627. The number of aryl methyl sites for hydroxylation is 1. The van der Waals surface area contributed by atoms with E-state index in [9.17, 15) is 5.11 Å². The van der Waals surface area contributed by atoms with Crippen molar-refractivity contribution in [3.8, 4) is 5.75 Å². The van der Waals surface area contributed by atoms with Crippen LogP contribution in [0.15, 0.2) is 48.5 Å². The Kier molecular flexibility index (Phi) is 6.66. The number of phenols is 1. The zero-order valence-electron chi connectivity index (χ0n) is 14.5. The molecule has 0 aromatic heterocycles. The van der Waals surface area contributed by atoms with Gasteiger partial charge in [0.2, 0.25) is 0 Å². The highest BCUT2D eigenvalue weighted by Crippen LogP contribution is 2.34. The molecule has 2 N–H and O–H groups in total. The molecule has 2 rings (SSSR count). The van der Waals surface area contributed by atoms with E-state index < -0.39 is 0 Å². The van der Waals surface area contributed by atoms with Crippen molar-refractivity contribution in [2.45, 2.75) is 52.0 Å². The molecule has 0 unspecified atom stereocenters. The highest BCUT2D eigenvalue weighted by atomic mass is 16.3. The zero-order chi connectivity index (χ0) is 16.7. The first kappa shape index (κ1) is 17.6. The number of rotatable bonds is 8. The van der Waals surface area contributed by atoms with Crippen LogP contribution < -0.4 is 5.32 Å². The first-order chi connectivity index (χ1) is 11.1. The molecule has 2 heteroatoms. The van der Waals surface area contributed by atoms with E-state index in [1.807, 2.05) is 18.2 Å². The molecule has 0 saturated carbocycles. The summed E-state index contributed by atoms with van der Waals surface area (Å²) in [4.78, 5) is 0. The Balaban J connectivity index is 2.31. The minimum Gasteiger partial charge on any atom is -0.508 e. The minimum atomic E-state index is 0.222. The number of hydrogen-bond acceptors (Lipinski definition) is 2. The van der Waals surface area contributed by atoms with Gasteiger partial charge in [0.05, 0.1) is 0 Å². The molecule has 0 aliphatic carbocycles. The zero-order valence-corrected chi connectivity index (χ0v) is 14.5. The van der Waals surface area contributed by atoms with Gasteiger partial charge >= 0.3 is 0 Å². The lowest BCUT2D eigenvalue weighted by atomic mass is 9.86. The van der Waals surface area contributed by atoms with Crippen LogP contribution in [0.3, 0.4) is 0 Å². The van der Waals surface area contributed by atoms with E-state index in [0.29, 0.717) is 11.8 Å². The molecule has 124 valence electrons. The van der Waals surface area contributed by atoms with Crippen LogP contribution >= 0.6 is 0 Å². The smallest absolute Gasteiger partial charge is 0.119 e. The third-order valence-corrected chi connectivity index (χ3v) is 4.19. The van der Waals surface area contributed by atoms with Gasteiger partial charge in [0.25, 0.3) is 0 Å². The lowest BCUT2D eigenvalue weighted by Crippen LogP contribution is -2.25. The van der Waals surface area contributed by atoms with E-state index in [0.717, 1.165) is 31.4 Å². The molecule has 23 heavy (non-hydrogen) atoms. The molecule has 0 spiro atoms. The standard InChI is InChI=1S/C21H29NO/c1-4-8-17-11-12-21(23)20(15-17)19(13-14-22-16(2)3)18-9-6-5-7-10-18/h5-7,9-12,15-16,19,22-23H,4,8,13-14H2,1-3H3/t19-/m0/s1. The lowest BCUT2D eigenvalue weighted by Gasteiger charge is -2.21. The topological polar surface area (TPSA) is 32.3 Å². The number of benzene rings is 2. The average molecular weight is 311 g/mol. The quantitative estimate of drug-likeness (QED) is 0.729. The molecule has 0 radical (unpaired) electrons. The summed E-state index contributed by atoms with van der Waals surface area (Å²) < 4.78 is 0. The van der Waals surface area contributed by atoms with Gasteiger partial charge in [-0.3, -0.25) is 0 Å². The van der Waals surface area contributed by atoms with Gasteiger partial charge in [-0.25, -0.2) is 0 Å². The van der Waals surface area contributed by atoms with Crippen molar-refractivity contribution >= 4 is 0 Å². The van der Waals surface area contributed by atoms with Gasteiger partial charge in [0.1, 0.15) is 5.75 Å². The fourth-order valence-electron chi connectivity index (χ4n) is 3.03. The van der Waals surface area contributed by atoms with E-state index in [2.05, 4.69) is 56.4 Å². The maximum Gasteiger partial charge on any atom is 0.119 e. The first-order valence-corrected chi connectivity index (χ1v) is 8.72. The largest absolute Gasteiger partial charge is 0.508 e. The van der Waals surface area contributed by atoms with E-state index in [-0.39, 0.29) is 5.92 Å². The van der Waals surface area contributed by atoms with Crippen molar-refractivity contribution in [1.29, 1.82) is 0 Å². The van der Waals surface area contributed by atoms with Crippen LogP contribution in [-0.4, -0.2) is 17.7 Å². The van der Waals surface area contributed by atoms with E-state index >= 15 is 0 Å². The maximum atomic E-state index is 10.4. The summed E-state index contributed by atoms with van der Waals surface area (Å²) in [6.45, 7) is 7.45. The molecule has 2 aromatic carbocycles. The monoisotopic (exact) mass is 311 g/mol. The van der Waals surface area contributed by atoms with Crippen LogP contribution in [0.5, 0.6) is 5.75 Å². The highest BCUT2D eigenvalue weighted by Gasteiger charge is 2.18. The predicted molar refractivity (Wildman–Crippen MR) is 98.1 cm³/mol.